The first-order chi connectivity index (χ1) is 9.28. The molecule has 20 heavy (non-hydrogen) atoms. The number of carbonyl (C=O) groups excluding carboxylic acids is 1. The third-order valence-electron chi connectivity index (χ3n) is 3.36. The summed E-state index contributed by atoms with van der Waals surface area (Å²) >= 11 is 2.82. The first kappa shape index (κ1) is 15.3. The highest BCUT2D eigenvalue weighted by molar-refractivity contribution is 9.10. The molecule has 0 radical (unpaired) electrons. The van der Waals surface area contributed by atoms with Gasteiger partial charge in [-0.3, -0.25) is 4.79 Å². The summed E-state index contributed by atoms with van der Waals surface area (Å²) < 4.78 is 52.8. The summed E-state index contributed by atoms with van der Waals surface area (Å²) in [5.74, 6) is -5.38. The lowest BCUT2D eigenvalue weighted by atomic mass is 9.86. The maximum Gasteiger partial charge on any atom is 0.248 e. The second-order valence-electron chi connectivity index (χ2n) is 4.87. The van der Waals surface area contributed by atoms with E-state index in [0.29, 0.717) is 0 Å². The van der Waals surface area contributed by atoms with Crippen LogP contribution in [0.1, 0.15) is 25.7 Å². The van der Waals surface area contributed by atoms with E-state index in [2.05, 4.69) is 21.2 Å². The van der Waals surface area contributed by atoms with Gasteiger partial charge < -0.3 is 5.32 Å². The van der Waals surface area contributed by atoms with Crippen LogP contribution in [0.4, 0.5) is 23.2 Å². The number of amides is 1. The molecule has 0 unspecified atom stereocenters. The number of hydrogen-bond acceptors (Lipinski definition) is 1. The van der Waals surface area contributed by atoms with Crippen molar-refractivity contribution >= 4 is 27.5 Å². The molecule has 2 rings (SSSR count). The number of halogens is 5. The predicted molar refractivity (Wildman–Crippen MR) is 69.6 cm³/mol. The van der Waals surface area contributed by atoms with E-state index in [9.17, 15) is 22.4 Å². The minimum Gasteiger partial charge on any atom is -0.323 e. The second-order valence-corrected chi connectivity index (χ2v) is 5.72. The van der Waals surface area contributed by atoms with Crippen molar-refractivity contribution in [2.24, 2.45) is 5.92 Å². The fourth-order valence-corrected chi connectivity index (χ4v) is 2.47. The van der Waals surface area contributed by atoms with Gasteiger partial charge in [-0.2, -0.15) is 0 Å². The number of nitrogens with one attached hydrogen (secondary N) is 1. The molecule has 0 spiro atoms. The molecular weight excluding hydrogens is 342 g/mol. The number of benzene rings is 1. The lowest BCUT2D eigenvalue weighted by Crippen LogP contribution is -2.32. The molecule has 1 N–H and O–H groups in total. The van der Waals surface area contributed by atoms with E-state index >= 15 is 0 Å². The molecule has 0 bridgehead atoms. The SMILES string of the molecule is O=C(Nc1cc(F)c(Br)cc1F)C1CCC(F)(F)CC1. The van der Waals surface area contributed by atoms with Gasteiger partial charge in [0.1, 0.15) is 11.6 Å². The van der Waals surface area contributed by atoms with Gasteiger partial charge in [-0.1, -0.05) is 0 Å². The van der Waals surface area contributed by atoms with E-state index in [1.165, 1.54) is 0 Å². The molecule has 7 heteroatoms. The van der Waals surface area contributed by atoms with Crippen LogP contribution < -0.4 is 5.32 Å². The van der Waals surface area contributed by atoms with Crippen LogP contribution in [0.15, 0.2) is 16.6 Å². The van der Waals surface area contributed by atoms with Gasteiger partial charge in [0.15, 0.2) is 0 Å². The van der Waals surface area contributed by atoms with Gasteiger partial charge in [0, 0.05) is 24.8 Å². The number of carbonyl (C=O) groups is 1. The number of anilines is 1. The van der Waals surface area contributed by atoms with Gasteiger partial charge in [0.05, 0.1) is 10.2 Å². The minimum atomic E-state index is -2.73. The molecule has 1 aliphatic rings. The molecular formula is C13H12BrF4NO. The van der Waals surface area contributed by atoms with E-state index in [0.717, 1.165) is 12.1 Å². The van der Waals surface area contributed by atoms with E-state index in [4.69, 9.17) is 0 Å². The van der Waals surface area contributed by atoms with Crippen LogP contribution in [0.25, 0.3) is 0 Å². The Hall–Kier alpha value is -1.11. The Bertz CT molecular complexity index is 525. The predicted octanol–water partition coefficient (Wildman–Crippen LogP) is 4.49. The summed E-state index contributed by atoms with van der Waals surface area (Å²) in [6.07, 6.45) is -0.635. The maximum absolute atomic E-state index is 13.5. The van der Waals surface area contributed by atoms with Crippen molar-refractivity contribution in [3.63, 3.8) is 0 Å². The van der Waals surface area contributed by atoms with E-state index in [1.54, 1.807) is 0 Å². The van der Waals surface area contributed by atoms with Gasteiger partial charge in [-0.25, -0.2) is 17.6 Å². The fourth-order valence-electron chi connectivity index (χ4n) is 2.16. The Balaban J connectivity index is 2.04. The van der Waals surface area contributed by atoms with E-state index < -0.39 is 29.4 Å². The van der Waals surface area contributed by atoms with Crippen LogP contribution in [0, 0.1) is 17.6 Å². The van der Waals surface area contributed by atoms with Crippen LogP contribution in [0.2, 0.25) is 0 Å². The average molecular weight is 354 g/mol. The quantitative estimate of drug-likeness (QED) is 0.615. The zero-order chi connectivity index (χ0) is 14.9. The molecule has 2 nitrogen and oxygen atoms in total. The van der Waals surface area contributed by atoms with Crippen molar-refractivity contribution in [1.29, 1.82) is 0 Å². The van der Waals surface area contributed by atoms with Crippen LogP contribution in [0.5, 0.6) is 0 Å². The van der Waals surface area contributed by atoms with Crippen molar-refractivity contribution in [3.05, 3.63) is 28.2 Å². The fraction of sp³-hybridized carbons (Fsp3) is 0.462. The Kier molecular flexibility index (Phi) is 4.36. The molecule has 0 aromatic heterocycles. The Morgan fingerprint density at radius 3 is 2.40 bits per heavy atom. The molecule has 1 aromatic rings. The largest absolute Gasteiger partial charge is 0.323 e. The van der Waals surface area contributed by atoms with Gasteiger partial charge in [-0.15, -0.1) is 0 Å². The highest BCUT2D eigenvalue weighted by atomic mass is 79.9. The third kappa shape index (κ3) is 3.50. The zero-order valence-electron chi connectivity index (χ0n) is 10.4. The number of rotatable bonds is 2. The monoisotopic (exact) mass is 353 g/mol. The van der Waals surface area contributed by atoms with E-state index in [1.807, 2.05) is 0 Å². The van der Waals surface area contributed by atoms with Crippen LogP contribution in [-0.4, -0.2) is 11.8 Å². The summed E-state index contributed by atoms with van der Waals surface area (Å²) in [6, 6.07) is 1.76. The Morgan fingerprint density at radius 2 is 1.80 bits per heavy atom. The summed E-state index contributed by atoms with van der Waals surface area (Å²) in [7, 11) is 0. The molecule has 0 atom stereocenters. The Morgan fingerprint density at radius 1 is 1.20 bits per heavy atom. The van der Waals surface area contributed by atoms with Crippen LogP contribution in [-0.2, 0) is 4.79 Å². The van der Waals surface area contributed by atoms with Crippen molar-refractivity contribution in [3.8, 4) is 0 Å². The normalized spacial score (nSPS) is 18.9. The summed E-state index contributed by atoms with van der Waals surface area (Å²) in [5.41, 5.74) is -0.284. The maximum atomic E-state index is 13.5. The summed E-state index contributed by atoms with van der Waals surface area (Å²) in [6.45, 7) is 0. The lowest BCUT2D eigenvalue weighted by Gasteiger charge is -2.27. The van der Waals surface area contributed by atoms with Crippen LogP contribution in [0.3, 0.4) is 0 Å². The second kappa shape index (κ2) is 5.71. The van der Waals surface area contributed by atoms with Gasteiger partial charge in [-0.05, 0) is 34.8 Å². The van der Waals surface area contributed by atoms with Gasteiger partial charge >= 0.3 is 0 Å². The zero-order valence-corrected chi connectivity index (χ0v) is 11.9. The molecule has 110 valence electrons. The first-order valence-corrected chi connectivity index (χ1v) is 6.91. The first-order valence-electron chi connectivity index (χ1n) is 6.12. The van der Waals surface area contributed by atoms with Crippen molar-refractivity contribution < 1.29 is 22.4 Å². The van der Waals surface area contributed by atoms with Gasteiger partial charge in [0.25, 0.3) is 0 Å². The molecule has 1 aromatic carbocycles. The van der Waals surface area contributed by atoms with Crippen molar-refractivity contribution in [1.82, 2.24) is 0 Å². The lowest BCUT2D eigenvalue weighted by molar-refractivity contribution is -0.124. The Labute approximate surface area is 121 Å². The average Bonchev–Trinajstić information content (AvgIpc) is 2.35. The molecule has 0 aliphatic heterocycles. The molecule has 1 amide bonds. The topological polar surface area (TPSA) is 29.1 Å². The van der Waals surface area contributed by atoms with Crippen molar-refractivity contribution in [2.75, 3.05) is 5.32 Å². The molecule has 1 saturated carbocycles. The summed E-state index contributed by atoms with van der Waals surface area (Å²) in [4.78, 5) is 11.9. The molecule has 0 saturated heterocycles. The number of hydrogen-bond donors (Lipinski definition) is 1. The highest BCUT2D eigenvalue weighted by Crippen LogP contribution is 2.36. The highest BCUT2D eigenvalue weighted by Gasteiger charge is 2.37. The van der Waals surface area contributed by atoms with Crippen LogP contribution >= 0.6 is 15.9 Å². The molecule has 1 fully saturated rings. The number of alkyl halides is 2. The molecule has 1 aliphatic carbocycles. The third-order valence-corrected chi connectivity index (χ3v) is 3.96. The minimum absolute atomic E-state index is 0.0411. The standard InChI is InChI=1S/C13H12BrF4NO/c14-8-5-10(16)11(6-9(8)15)19-12(20)7-1-3-13(17,18)4-2-7/h5-7H,1-4H2,(H,19,20). The molecule has 0 heterocycles. The summed E-state index contributed by atoms with van der Waals surface area (Å²) in [5, 5.41) is 2.26. The van der Waals surface area contributed by atoms with E-state index in [-0.39, 0.29) is 35.8 Å². The van der Waals surface area contributed by atoms with Gasteiger partial charge in [0.2, 0.25) is 11.8 Å². The smallest absolute Gasteiger partial charge is 0.248 e. The van der Waals surface area contributed by atoms with Crippen molar-refractivity contribution in [2.45, 2.75) is 31.6 Å².